The van der Waals surface area contributed by atoms with Gasteiger partial charge in [-0.25, -0.2) is 0 Å². The molecule has 2 heteroatoms. The lowest BCUT2D eigenvalue weighted by atomic mass is 9.76. The third-order valence-electron chi connectivity index (χ3n) is 6.09. The van der Waals surface area contributed by atoms with E-state index in [1.807, 2.05) is 0 Å². The Labute approximate surface area is 121 Å². The fourth-order valence-corrected chi connectivity index (χ4v) is 5.48. The Morgan fingerprint density at radius 1 is 0.778 bits per heavy atom. The standard InChI is InChI=1S/C16H28BrN/c17-13-16(7-3-4-8-16)14-18-11-9-15(10-12-18)5-1-2-6-15/h1-14H2. The van der Waals surface area contributed by atoms with Crippen molar-refractivity contribution in [1.82, 2.24) is 4.90 Å². The van der Waals surface area contributed by atoms with Crippen molar-refractivity contribution in [1.29, 1.82) is 0 Å². The summed E-state index contributed by atoms with van der Waals surface area (Å²) in [6.07, 6.45) is 14.9. The topological polar surface area (TPSA) is 3.24 Å². The van der Waals surface area contributed by atoms with Crippen molar-refractivity contribution in [3.05, 3.63) is 0 Å². The molecule has 1 aliphatic heterocycles. The molecule has 3 aliphatic rings. The summed E-state index contributed by atoms with van der Waals surface area (Å²) in [6.45, 7) is 4.14. The maximum absolute atomic E-state index is 3.79. The summed E-state index contributed by atoms with van der Waals surface area (Å²) in [5.41, 5.74) is 1.41. The zero-order chi connectivity index (χ0) is 12.5. The summed E-state index contributed by atoms with van der Waals surface area (Å²) < 4.78 is 0. The van der Waals surface area contributed by atoms with Gasteiger partial charge in [0.15, 0.2) is 0 Å². The molecule has 18 heavy (non-hydrogen) atoms. The number of piperidine rings is 1. The summed E-state index contributed by atoms with van der Waals surface area (Å²) in [5.74, 6) is 0. The van der Waals surface area contributed by atoms with Crippen molar-refractivity contribution in [2.75, 3.05) is 25.0 Å². The van der Waals surface area contributed by atoms with Gasteiger partial charge in [0.2, 0.25) is 0 Å². The predicted octanol–water partition coefficient (Wildman–Crippen LogP) is 4.60. The third-order valence-corrected chi connectivity index (χ3v) is 7.28. The van der Waals surface area contributed by atoms with E-state index >= 15 is 0 Å². The molecule has 3 rings (SSSR count). The molecule has 2 aliphatic carbocycles. The van der Waals surface area contributed by atoms with Gasteiger partial charge in [-0.2, -0.15) is 0 Å². The molecule has 0 N–H and O–H groups in total. The van der Waals surface area contributed by atoms with Crippen LogP contribution in [0, 0.1) is 10.8 Å². The number of halogens is 1. The quantitative estimate of drug-likeness (QED) is 0.688. The molecule has 104 valence electrons. The first-order chi connectivity index (χ1) is 8.76. The Hall–Kier alpha value is 0.440. The van der Waals surface area contributed by atoms with Gasteiger partial charge in [0, 0.05) is 11.9 Å². The SMILES string of the molecule is BrCC1(CN2CCC3(CCCC3)CC2)CCCC1. The summed E-state index contributed by atoms with van der Waals surface area (Å²) in [7, 11) is 0. The van der Waals surface area contributed by atoms with E-state index in [1.165, 1.54) is 89.2 Å². The summed E-state index contributed by atoms with van der Waals surface area (Å²) in [4.78, 5) is 2.79. The van der Waals surface area contributed by atoms with Crippen LogP contribution in [0.15, 0.2) is 0 Å². The number of likely N-dealkylation sites (tertiary alicyclic amines) is 1. The molecule has 3 fully saturated rings. The second-order valence-corrected chi connectivity index (χ2v) is 7.88. The van der Waals surface area contributed by atoms with Gasteiger partial charge in [0.05, 0.1) is 0 Å². The average Bonchev–Trinajstić information content (AvgIpc) is 3.03. The number of rotatable bonds is 3. The first kappa shape index (κ1) is 13.4. The van der Waals surface area contributed by atoms with Gasteiger partial charge in [-0.05, 0) is 62.4 Å². The smallest absolute Gasteiger partial charge is 0.0100 e. The average molecular weight is 314 g/mol. The lowest BCUT2D eigenvalue weighted by Crippen LogP contribution is -2.44. The van der Waals surface area contributed by atoms with Crippen molar-refractivity contribution in [3.63, 3.8) is 0 Å². The molecule has 0 bridgehead atoms. The monoisotopic (exact) mass is 313 g/mol. The predicted molar refractivity (Wildman–Crippen MR) is 81.3 cm³/mol. The molecular weight excluding hydrogens is 286 g/mol. The Bertz CT molecular complexity index is 267. The highest BCUT2D eigenvalue weighted by atomic mass is 79.9. The minimum Gasteiger partial charge on any atom is -0.303 e. The van der Waals surface area contributed by atoms with E-state index in [1.54, 1.807) is 0 Å². The zero-order valence-corrected chi connectivity index (χ0v) is 13.3. The van der Waals surface area contributed by atoms with Crippen LogP contribution in [0.2, 0.25) is 0 Å². The maximum Gasteiger partial charge on any atom is 0.0100 e. The second-order valence-electron chi connectivity index (χ2n) is 7.32. The Morgan fingerprint density at radius 3 is 1.89 bits per heavy atom. The third kappa shape index (κ3) is 2.65. The van der Waals surface area contributed by atoms with Crippen LogP contribution in [-0.4, -0.2) is 29.9 Å². The maximum atomic E-state index is 3.79. The number of nitrogens with zero attached hydrogens (tertiary/aromatic N) is 1. The van der Waals surface area contributed by atoms with E-state index in [9.17, 15) is 0 Å². The van der Waals surface area contributed by atoms with Crippen molar-refractivity contribution >= 4 is 15.9 Å². The highest BCUT2D eigenvalue weighted by Gasteiger charge is 2.40. The van der Waals surface area contributed by atoms with E-state index < -0.39 is 0 Å². The molecule has 0 unspecified atom stereocenters. The lowest BCUT2D eigenvalue weighted by Gasteiger charge is -2.42. The van der Waals surface area contributed by atoms with Crippen molar-refractivity contribution in [2.45, 2.75) is 64.2 Å². The van der Waals surface area contributed by atoms with Gasteiger partial charge in [0.1, 0.15) is 0 Å². The molecule has 0 aromatic heterocycles. The first-order valence-electron chi connectivity index (χ1n) is 8.04. The number of hydrogen-bond acceptors (Lipinski definition) is 1. The van der Waals surface area contributed by atoms with Crippen LogP contribution in [-0.2, 0) is 0 Å². The molecule has 2 saturated carbocycles. The number of alkyl halides is 1. The van der Waals surface area contributed by atoms with Gasteiger partial charge >= 0.3 is 0 Å². The van der Waals surface area contributed by atoms with E-state index in [-0.39, 0.29) is 0 Å². The van der Waals surface area contributed by atoms with Crippen LogP contribution >= 0.6 is 15.9 Å². The van der Waals surface area contributed by atoms with Crippen LogP contribution in [0.5, 0.6) is 0 Å². The molecule has 1 saturated heterocycles. The van der Waals surface area contributed by atoms with Crippen LogP contribution in [0.25, 0.3) is 0 Å². The van der Waals surface area contributed by atoms with Crippen molar-refractivity contribution in [2.24, 2.45) is 10.8 Å². The van der Waals surface area contributed by atoms with Gasteiger partial charge in [-0.15, -0.1) is 0 Å². The molecule has 1 nitrogen and oxygen atoms in total. The van der Waals surface area contributed by atoms with E-state index in [0.717, 1.165) is 5.41 Å². The molecule has 0 radical (unpaired) electrons. The lowest BCUT2D eigenvalue weighted by molar-refractivity contribution is 0.0767. The number of hydrogen-bond donors (Lipinski definition) is 0. The first-order valence-corrected chi connectivity index (χ1v) is 9.17. The highest BCUT2D eigenvalue weighted by Crippen LogP contribution is 2.47. The van der Waals surface area contributed by atoms with Crippen LogP contribution < -0.4 is 0 Å². The molecule has 0 aromatic carbocycles. The Balaban J connectivity index is 1.53. The van der Waals surface area contributed by atoms with Gasteiger partial charge in [-0.1, -0.05) is 41.6 Å². The van der Waals surface area contributed by atoms with E-state index in [4.69, 9.17) is 0 Å². The highest BCUT2D eigenvalue weighted by molar-refractivity contribution is 9.09. The minimum absolute atomic E-state index is 0.625. The molecular formula is C16H28BrN. The zero-order valence-electron chi connectivity index (χ0n) is 11.7. The van der Waals surface area contributed by atoms with Gasteiger partial charge < -0.3 is 4.90 Å². The van der Waals surface area contributed by atoms with Crippen molar-refractivity contribution in [3.8, 4) is 0 Å². The normalized spacial score (nSPS) is 31.2. The van der Waals surface area contributed by atoms with Crippen LogP contribution in [0.4, 0.5) is 0 Å². The largest absolute Gasteiger partial charge is 0.303 e. The molecule has 0 aromatic rings. The Morgan fingerprint density at radius 2 is 1.33 bits per heavy atom. The summed E-state index contributed by atoms with van der Waals surface area (Å²) in [5, 5.41) is 1.22. The molecule has 1 spiro atoms. The summed E-state index contributed by atoms with van der Waals surface area (Å²) >= 11 is 3.79. The molecule has 0 atom stereocenters. The fourth-order valence-electron chi connectivity index (χ4n) is 4.74. The summed E-state index contributed by atoms with van der Waals surface area (Å²) in [6, 6.07) is 0. The minimum atomic E-state index is 0.625. The van der Waals surface area contributed by atoms with Crippen molar-refractivity contribution < 1.29 is 0 Å². The van der Waals surface area contributed by atoms with Gasteiger partial charge in [0.25, 0.3) is 0 Å². The van der Waals surface area contributed by atoms with Crippen LogP contribution in [0.3, 0.4) is 0 Å². The fraction of sp³-hybridized carbons (Fsp3) is 1.00. The molecule has 1 heterocycles. The van der Waals surface area contributed by atoms with Crippen LogP contribution in [0.1, 0.15) is 64.2 Å². The Kier molecular flexibility index (Phi) is 4.06. The van der Waals surface area contributed by atoms with E-state index in [2.05, 4.69) is 20.8 Å². The van der Waals surface area contributed by atoms with E-state index in [0.29, 0.717) is 5.41 Å². The van der Waals surface area contributed by atoms with Gasteiger partial charge in [-0.3, -0.25) is 0 Å². The second kappa shape index (κ2) is 5.44. The molecule has 0 amide bonds.